The minimum Gasteiger partial charge on any atom is -0.381 e. The molecule has 16 heavy (non-hydrogen) atoms. The molecule has 2 rings (SSSR count). The standard InChI is InChI=1S/C11H16N2O2S/c12-8-11(1-4-15-5-2-11)9(14)7-10-13-3-6-16-10/h3,6H,1-2,4-5,7-8,12H2. The molecular formula is C11H16N2O2S. The lowest BCUT2D eigenvalue weighted by atomic mass is 9.75. The SMILES string of the molecule is NCC1(C(=O)Cc2nccs2)CCOCC1. The van der Waals surface area contributed by atoms with Crippen molar-refractivity contribution in [3.8, 4) is 0 Å². The highest BCUT2D eigenvalue weighted by atomic mass is 32.1. The van der Waals surface area contributed by atoms with Gasteiger partial charge < -0.3 is 10.5 Å². The van der Waals surface area contributed by atoms with Gasteiger partial charge in [0, 0.05) is 36.8 Å². The summed E-state index contributed by atoms with van der Waals surface area (Å²) in [5.74, 6) is 0.216. The Morgan fingerprint density at radius 1 is 1.56 bits per heavy atom. The van der Waals surface area contributed by atoms with Gasteiger partial charge in [0.2, 0.25) is 0 Å². The summed E-state index contributed by atoms with van der Waals surface area (Å²) in [6.07, 6.45) is 3.63. The van der Waals surface area contributed by atoms with E-state index >= 15 is 0 Å². The number of hydrogen-bond donors (Lipinski definition) is 1. The van der Waals surface area contributed by atoms with E-state index < -0.39 is 0 Å². The van der Waals surface area contributed by atoms with Gasteiger partial charge in [-0.25, -0.2) is 4.98 Å². The van der Waals surface area contributed by atoms with Crippen molar-refractivity contribution >= 4 is 17.1 Å². The van der Waals surface area contributed by atoms with Gasteiger partial charge in [-0.05, 0) is 12.8 Å². The number of hydrogen-bond acceptors (Lipinski definition) is 5. The Morgan fingerprint density at radius 3 is 2.88 bits per heavy atom. The first kappa shape index (κ1) is 11.7. The topological polar surface area (TPSA) is 65.2 Å². The fourth-order valence-electron chi connectivity index (χ4n) is 2.02. The van der Waals surface area contributed by atoms with Crippen molar-refractivity contribution in [3.05, 3.63) is 16.6 Å². The predicted octanol–water partition coefficient (Wildman–Crippen LogP) is 1.01. The van der Waals surface area contributed by atoms with Crippen LogP contribution in [-0.4, -0.2) is 30.5 Å². The van der Waals surface area contributed by atoms with Crippen molar-refractivity contribution in [3.63, 3.8) is 0 Å². The van der Waals surface area contributed by atoms with Gasteiger partial charge in [0.25, 0.3) is 0 Å². The van der Waals surface area contributed by atoms with Crippen molar-refractivity contribution in [1.82, 2.24) is 4.98 Å². The zero-order chi connectivity index (χ0) is 11.4. The van der Waals surface area contributed by atoms with E-state index in [2.05, 4.69) is 4.98 Å². The van der Waals surface area contributed by atoms with Gasteiger partial charge in [-0.1, -0.05) is 0 Å². The minimum absolute atomic E-state index is 0.216. The summed E-state index contributed by atoms with van der Waals surface area (Å²) in [6, 6.07) is 0. The van der Waals surface area contributed by atoms with Crippen molar-refractivity contribution in [2.24, 2.45) is 11.1 Å². The second-order valence-electron chi connectivity index (χ2n) is 4.12. The molecule has 0 atom stereocenters. The second-order valence-corrected chi connectivity index (χ2v) is 5.10. The maximum atomic E-state index is 12.2. The molecule has 0 bridgehead atoms. The molecule has 1 aliphatic heterocycles. The summed E-state index contributed by atoms with van der Waals surface area (Å²) < 4.78 is 5.29. The molecule has 1 saturated heterocycles. The Hall–Kier alpha value is -0.780. The third-order valence-corrected chi connectivity index (χ3v) is 4.01. The van der Waals surface area contributed by atoms with Crippen LogP contribution < -0.4 is 5.73 Å². The largest absolute Gasteiger partial charge is 0.381 e. The highest BCUT2D eigenvalue weighted by Crippen LogP contribution is 2.31. The average molecular weight is 240 g/mol. The normalized spacial score (nSPS) is 19.6. The highest BCUT2D eigenvalue weighted by Gasteiger charge is 2.38. The number of ketones is 1. The summed E-state index contributed by atoms with van der Waals surface area (Å²) in [4.78, 5) is 16.4. The number of carbonyl (C=O) groups is 1. The Balaban J connectivity index is 2.06. The monoisotopic (exact) mass is 240 g/mol. The van der Waals surface area contributed by atoms with Crippen molar-refractivity contribution in [2.45, 2.75) is 19.3 Å². The quantitative estimate of drug-likeness (QED) is 0.853. The molecule has 4 nitrogen and oxygen atoms in total. The van der Waals surface area contributed by atoms with E-state index in [9.17, 15) is 4.79 Å². The van der Waals surface area contributed by atoms with Gasteiger partial charge in [0.05, 0.1) is 11.4 Å². The number of Topliss-reactive ketones (excluding diaryl/α,β-unsaturated/α-hetero) is 1. The average Bonchev–Trinajstić information content (AvgIpc) is 2.82. The molecule has 1 aliphatic rings. The maximum absolute atomic E-state index is 12.2. The molecule has 1 fully saturated rings. The smallest absolute Gasteiger partial charge is 0.147 e. The van der Waals surface area contributed by atoms with Crippen LogP contribution in [0.15, 0.2) is 11.6 Å². The van der Waals surface area contributed by atoms with Gasteiger partial charge in [0.15, 0.2) is 0 Å². The lowest BCUT2D eigenvalue weighted by Gasteiger charge is -2.34. The zero-order valence-electron chi connectivity index (χ0n) is 9.15. The third-order valence-electron chi connectivity index (χ3n) is 3.23. The lowest BCUT2D eigenvalue weighted by molar-refractivity contribution is -0.132. The van der Waals surface area contributed by atoms with Crippen LogP contribution >= 0.6 is 11.3 Å². The van der Waals surface area contributed by atoms with E-state index in [0.29, 0.717) is 26.2 Å². The molecule has 0 amide bonds. The molecule has 2 N–H and O–H groups in total. The van der Waals surface area contributed by atoms with E-state index in [1.807, 2.05) is 5.38 Å². The van der Waals surface area contributed by atoms with Crippen molar-refractivity contribution in [2.75, 3.05) is 19.8 Å². The van der Waals surface area contributed by atoms with E-state index in [-0.39, 0.29) is 11.2 Å². The summed E-state index contributed by atoms with van der Waals surface area (Å²) in [7, 11) is 0. The van der Waals surface area contributed by atoms with E-state index in [1.165, 1.54) is 11.3 Å². The van der Waals surface area contributed by atoms with Crippen LogP contribution in [0.2, 0.25) is 0 Å². The first-order valence-corrected chi connectivity index (χ1v) is 6.34. The first-order chi connectivity index (χ1) is 7.77. The van der Waals surface area contributed by atoms with Gasteiger partial charge >= 0.3 is 0 Å². The number of aromatic nitrogens is 1. The Labute approximate surface area is 98.8 Å². The molecule has 0 saturated carbocycles. The predicted molar refractivity (Wildman–Crippen MR) is 62.4 cm³/mol. The van der Waals surface area contributed by atoms with Gasteiger partial charge in [0.1, 0.15) is 5.78 Å². The third kappa shape index (κ3) is 2.31. The summed E-state index contributed by atoms with van der Waals surface area (Å²) in [5, 5.41) is 2.77. The van der Waals surface area contributed by atoms with Crippen molar-refractivity contribution < 1.29 is 9.53 Å². The van der Waals surface area contributed by atoms with Crippen molar-refractivity contribution in [1.29, 1.82) is 0 Å². The Bertz CT molecular complexity index is 345. The van der Waals surface area contributed by atoms with E-state index in [0.717, 1.165) is 17.8 Å². The van der Waals surface area contributed by atoms with E-state index in [4.69, 9.17) is 10.5 Å². The highest BCUT2D eigenvalue weighted by molar-refractivity contribution is 7.09. The molecule has 2 heterocycles. The molecule has 0 spiro atoms. The lowest BCUT2D eigenvalue weighted by Crippen LogP contribution is -2.44. The second kappa shape index (κ2) is 5.03. The van der Waals surface area contributed by atoms with Gasteiger partial charge in [-0.2, -0.15) is 0 Å². The van der Waals surface area contributed by atoms with Crippen LogP contribution in [0.3, 0.4) is 0 Å². The summed E-state index contributed by atoms with van der Waals surface area (Å²) in [6.45, 7) is 1.70. The number of carbonyl (C=O) groups excluding carboxylic acids is 1. The zero-order valence-corrected chi connectivity index (χ0v) is 9.96. The fraction of sp³-hybridized carbons (Fsp3) is 0.636. The van der Waals surface area contributed by atoms with Crippen LogP contribution in [-0.2, 0) is 16.0 Å². The molecule has 1 aromatic rings. The molecule has 0 aromatic carbocycles. The number of thiazole rings is 1. The maximum Gasteiger partial charge on any atom is 0.147 e. The Kier molecular flexibility index (Phi) is 3.68. The number of nitrogens with zero attached hydrogens (tertiary/aromatic N) is 1. The van der Waals surface area contributed by atoms with E-state index in [1.54, 1.807) is 6.20 Å². The summed E-state index contributed by atoms with van der Waals surface area (Å²) in [5.41, 5.74) is 5.40. The van der Waals surface area contributed by atoms with Gasteiger partial charge in [-0.15, -0.1) is 11.3 Å². The first-order valence-electron chi connectivity index (χ1n) is 5.46. The van der Waals surface area contributed by atoms with Crippen LogP contribution in [0.25, 0.3) is 0 Å². The molecular weight excluding hydrogens is 224 g/mol. The minimum atomic E-state index is -0.371. The fourth-order valence-corrected chi connectivity index (χ4v) is 2.64. The Morgan fingerprint density at radius 2 is 2.31 bits per heavy atom. The molecule has 88 valence electrons. The van der Waals surface area contributed by atoms with Crippen LogP contribution in [0, 0.1) is 5.41 Å². The molecule has 1 aromatic heterocycles. The number of ether oxygens (including phenoxy) is 1. The summed E-state index contributed by atoms with van der Waals surface area (Å²) >= 11 is 1.52. The van der Waals surface area contributed by atoms with Gasteiger partial charge in [-0.3, -0.25) is 4.79 Å². The number of nitrogens with two attached hydrogens (primary N) is 1. The van der Waals surface area contributed by atoms with Crippen LogP contribution in [0.5, 0.6) is 0 Å². The molecule has 0 unspecified atom stereocenters. The molecule has 0 radical (unpaired) electrons. The molecule has 0 aliphatic carbocycles. The van der Waals surface area contributed by atoms with Crippen LogP contribution in [0.4, 0.5) is 0 Å². The van der Waals surface area contributed by atoms with Crippen LogP contribution in [0.1, 0.15) is 17.8 Å². The number of rotatable bonds is 4. The molecule has 5 heteroatoms.